The van der Waals surface area contributed by atoms with Gasteiger partial charge in [0.05, 0.1) is 0 Å². The molecule has 0 radical (unpaired) electrons. The Morgan fingerprint density at radius 3 is 2.88 bits per heavy atom. The Bertz CT molecular complexity index is 420. The fraction of sp³-hybridized carbons (Fsp3) is 0.385. The molecule has 92 valence electrons. The van der Waals surface area contributed by atoms with E-state index in [-0.39, 0.29) is 18.6 Å². The van der Waals surface area contributed by atoms with Crippen molar-refractivity contribution in [1.29, 1.82) is 0 Å². The summed E-state index contributed by atoms with van der Waals surface area (Å²) in [4.78, 5) is 0. The maximum absolute atomic E-state index is 9.69. The van der Waals surface area contributed by atoms with E-state index in [0.717, 1.165) is 16.5 Å². The number of phenols is 1. The Morgan fingerprint density at radius 1 is 1.35 bits per heavy atom. The van der Waals surface area contributed by atoms with Crippen LogP contribution in [0, 0.1) is 5.92 Å². The monoisotopic (exact) mass is 297 g/mol. The highest BCUT2D eigenvalue weighted by Crippen LogP contribution is 2.23. The molecule has 4 heteroatoms. The minimum atomic E-state index is 0.205. The molecule has 0 aliphatic heterocycles. The van der Waals surface area contributed by atoms with Crippen molar-refractivity contribution >= 4 is 15.9 Å². The number of nitrogens with one attached hydrogen (secondary N) is 1. The van der Waals surface area contributed by atoms with Crippen molar-refractivity contribution < 1.29 is 10.2 Å². The maximum Gasteiger partial charge on any atom is 0.120 e. The number of hydrogen-bond donors (Lipinski definition) is 3. The topological polar surface area (TPSA) is 52.5 Å². The Hall–Kier alpha value is -0.840. The largest absolute Gasteiger partial charge is 0.508 e. The highest BCUT2D eigenvalue weighted by Gasteiger charge is 2.17. The molecule has 0 amide bonds. The third-order valence-corrected chi connectivity index (χ3v) is 3.50. The van der Waals surface area contributed by atoms with E-state index < -0.39 is 0 Å². The summed E-state index contributed by atoms with van der Waals surface area (Å²) >= 11 is 3.38. The zero-order valence-electron chi connectivity index (χ0n) is 9.44. The quantitative estimate of drug-likeness (QED) is 0.747. The van der Waals surface area contributed by atoms with Crippen molar-refractivity contribution in [2.45, 2.75) is 19.0 Å². The molecule has 0 saturated carbocycles. The number of rotatable bonds is 4. The number of aromatic hydroxyl groups is 1. The van der Waals surface area contributed by atoms with Gasteiger partial charge in [0.2, 0.25) is 0 Å². The van der Waals surface area contributed by atoms with E-state index in [1.54, 1.807) is 6.07 Å². The highest BCUT2D eigenvalue weighted by molar-refractivity contribution is 9.10. The average Bonchev–Trinajstić information content (AvgIpc) is 2.78. The lowest BCUT2D eigenvalue weighted by atomic mass is 10.1. The normalized spacial score (nSPS) is 23.2. The second-order valence-electron chi connectivity index (χ2n) is 4.32. The number of phenolic OH excluding ortho intramolecular Hbond substituents is 1. The molecule has 1 aliphatic carbocycles. The molecule has 0 bridgehead atoms. The minimum absolute atomic E-state index is 0.205. The van der Waals surface area contributed by atoms with E-state index in [9.17, 15) is 5.11 Å². The van der Waals surface area contributed by atoms with Gasteiger partial charge in [-0.3, -0.25) is 0 Å². The van der Waals surface area contributed by atoms with Crippen molar-refractivity contribution in [2.24, 2.45) is 5.92 Å². The third-order valence-electron chi connectivity index (χ3n) is 3.00. The molecule has 0 aromatic heterocycles. The standard InChI is InChI=1S/C13H16BrNO2/c14-11-2-4-13(17)10(6-11)7-15-12-3-1-9(5-12)8-16/h1-4,6,9,12,15-17H,5,7-8H2/t9-,12+/m0/s1. The SMILES string of the molecule is OC[C@H]1C=C[C@@H](NCc2cc(Br)ccc2O)C1. The Balaban J connectivity index is 1.90. The maximum atomic E-state index is 9.69. The molecule has 1 aromatic carbocycles. The molecule has 2 rings (SSSR count). The van der Waals surface area contributed by atoms with Gasteiger partial charge in [-0.1, -0.05) is 28.1 Å². The van der Waals surface area contributed by atoms with Crippen molar-refractivity contribution in [3.05, 3.63) is 40.4 Å². The van der Waals surface area contributed by atoms with Gasteiger partial charge < -0.3 is 15.5 Å². The molecule has 0 fully saturated rings. The number of benzene rings is 1. The Labute approximate surface area is 109 Å². The van der Waals surface area contributed by atoms with E-state index in [1.165, 1.54) is 0 Å². The molecule has 0 heterocycles. The van der Waals surface area contributed by atoms with E-state index in [4.69, 9.17) is 5.11 Å². The second-order valence-corrected chi connectivity index (χ2v) is 5.24. The minimum Gasteiger partial charge on any atom is -0.508 e. The summed E-state index contributed by atoms with van der Waals surface area (Å²) in [6.07, 6.45) is 5.04. The molecule has 3 N–H and O–H groups in total. The number of halogens is 1. The Morgan fingerprint density at radius 2 is 2.18 bits per heavy atom. The van der Waals surface area contributed by atoms with Gasteiger partial charge in [-0.05, 0) is 24.6 Å². The third kappa shape index (κ3) is 3.31. The first-order chi connectivity index (χ1) is 8.19. The van der Waals surface area contributed by atoms with Crippen LogP contribution >= 0.6 is 15.9 Å². The van der Waals surface area contributed by atoms with Crippen LogP contribution in [0.5, 0.6) is 5.75 Å². The summed E-state index contributed by atoms with van der Waals surface area (Å²) in [6.45, 7) is 0.829. The highest BCUT2D eigenvalue weighted by atomic mass is 79.9. The van der Waals surface area contributed by atoms with Crippen molar-refractivity contribution in [3.8, 4) is 5.75 Å². The summed E-state index contributed by atoms with van der Waals surface area (Å²) < 4.78 is 0.960. The van der Waals surface area contributed by atoms with Gasteiger partial charge >= 0.3 is 0 Å². The summed E-state index contributed by atoms with van der Waals surface area (Å²) in [7, 11) is 0. The van der Waals surface area contributed by atoms with Crippen LogP contribution in [0.15, 0.2) is 34.8 Å². The van der Waals surface area contributed by atoms with Gasteiger partial charge in [0.25, 0.3) is 0 Å². The predicted octanol–water partition coefficient (Wildman–Crippen LogP) is 2.18. The number of hydrogen-bond acceptors (Lipinski definition) is 3. The first kappa shape index (κ1) is 12.6. The summed E-state index contributed by atoms with van der Waals surface area (Å²) in [6, 6.07) is 5.69. The van der Waals surface area contributed by atoms with Crippen LogP contribution in [-0.2, 0) is 6.54 Å². The van der Waals surface area contributed by atoms with Crippen LogP contribution < -0.4 is 5.32 Å². The first-order valence-electron chi connectivity index (χ1n) is 5.69. The lowest BCUT2D eigenvalue weighted by Gasteiger charge is -2.13. The lowest BCUT2D eigenvalue weighted by Crippen LogP contribution is -2.26. The van der Waals surface area contributed by atoms with E-state index in [2.05, 4.69) is 27.3 Å². The van der Waals surface area contributed by atoms with E-state index in [1.807, 2.05) is 18.2 Å². The fourth-order valence-corrected chi connectivity index (χ4v) is 2.41. The molecule has 0 spiro atoms. The van der Waals surface area contributed by atoms with Crippen LogP contribution in [0.1, 0.15) is 12.0 Å². The van der Waals surface area contributed by atoms with Gasteiger partial charge in [0.1, 0.15) is 5.75 Å². The Kier molecular flexibility index (Phi) is 4.20. The van der Waals surface area contributed by atoms with Crippen molar-refractivity contribution in [2.75, 3.05) is 6.61 Å². The van der Waals surface area contributed by atoms with Gasteiger partial charge in [-0.15, -0.1) is 0 Å². The molecule has 1 aliphatic rings. The van der Waals surface area contributed by atoms with E-state index in [0.29, 0.717) is 12.3 Å². The van der Waals surface area contributed by atoms with Crippen molar-refractivity contribution in [3.63, 3.8) is 0 Å². The zero-order chi connectivity index (χ0) is 12.3. The van der Waals surface area contributed by atoms with Gasteiger partial charge in [0.15, 0.2) is 0 Å². The smallest absolute Gasteiger partial charge is 0.120 e. The molecule has 0 unspecified atom stereocenters. The summed E-state index contributed by atoms with van der Waals surface area (Å²) in [5.74, 6) is 0.574. The molecule has 2 atom stereocenters. The van der Waals surface area contributed by atoms with Gasteiger partial charge in [-0.25, -0.2) is 0 Å². The molecule has 17 heavy (non-hydrogen) atoms. The number of aliphatic hydroxyl groups excluding tert-OH is 1. The fourth-order valence-electron chi connectivity index (χ4n) is 2.00. The lowest BCUT2D eigenvalue weighted by molar-refractivity contribution is 0.246. The predicted molar refractivity (Wildman–Crippen MR) is 70.8 cm³/mol. The van der Waals surface area contributed by atoms with Crippen LogP contribution in [-0.4, -0.2) is 22.9 Å². The second kappa shape index (κ2) is 5.67. The first-order valence-corrected chi connectivity index (χ1v) is 6.48. The molecular weight excluding hydrogens is 282 g/mol. The van der Waals surface area contributed by atoms with Crippen LogP contribution in [0.3, 0.4) is 0 Å². The summed E-state index contributed by atoms with van der Waals surface area (Å²) in [5.41, 5.74) is 0.875. The van der Waals surface area contributed by atoms with Crippen LogP contribution in [0.4, 0.5) is 0 Å². The molecule has 0 saturated heterocycles. The van der Waals surface area contributed by atoms with Gasteiger partial charge in [-0.2, -0.15) is 0 Å². The molecule has 1 aromatic rings. The van der Waals surface area contributed by atoms with Gasteiger partial charge in [0, 0.05) is 35.1 Å². The molecule has 3 nitrogen and oxygen atoms in total. The summed E-state index contributed by atoms with van der Waals surface area (Å²) in [5, 5.41) is 22.1. The van der Waals surface area contributed by atoms with Crippen LogP contribution in [0.25, 0.3) is 0 Å². The average molecular weight is 298 g/mol. The zero-order valence-corrected chi connectivity index (χ0v) is 11.0. The van der Waals surface area contributed by atoms with Crippen LogP contribution in [0.2, 0.25) is 0 Å². The van der Waals surface area contributed by atoms with E-state index >= 15 is 0 Å². The van der Waals surface area contributed by atoms with Crippen molar-refractivity contribution in [1.82, 2.24) is 5.32 Å². The number of aliphatic hydroxyl groups is 1. The molecular formula is C13H16BrNO2.